The molecule has 1 amide bonds. The van der Waals surface area contributed by atoms with Crippen LogP contribution in [0.5, 0.6) is 0 Å². The quantitative estimate of drug-likeness (QED) is 0.756. The second-order valence-corrected chi connectivity index (χ2v) is 4.37. The fourth-order valence-corrected chi connectivity index (χ4v) is 1.77. The number of carbonyl (C=O) groups excluding carboxylic acids is 1. The molecular formula is C14H22N2O3. The number of nitrogens with two attached hydrogens (primary N) is 1. The molecule has 2 N–H and O–H groups in total. The predicted octanol–water partition coefficient (Wildman–Crippen LogP) is 1.31. The van der Waals surface area contributed by atoms with Crippen molar-refractivity contribution in [2.24, 2.45) is 0 Å². The van der Waals surface area contributed by atoms with Gasteiger partial charge in [0.25, 0.3) is 5.91 Å². The first-order chi connectivity index (χ1) is 9.10. The van der Waals surface area contributed by atoms with E-state index in [4.69, 9.17) is 15.2 Å². The maximum absolute atomic E-state index is 12.4. The van der Waals surface area contributed by atoms with E-state index in [-0.39, 0.29) is 5.91 Å². The number of rotatable bonds is 7. The first kappa shape index (κ1) is 15.5. The van der Waals surface area contributed by atoms with Crippen LogP contribution in [0.2, 0.25) is 0 Å². The lowest BCUT2D eigenvalue weighted by Gasteiger charge is -2.22. The molecule has 0 saturated heterocycles. The highest BCUT2D eigenvalue weighted by molar-refractivity contribution is 5.99. The standard InChI is InChI=1S/C14H22N2O3/c1-11-4-5-12(13(15)10-11)14(17)16(6-8-18-2)7-9-19-3/h4-5,10H,6-9,15H2,1-3H3. The summed E-state index contributed by atoms with van der Waals surface area (Å²) in [6, 6.07) is 5.45. The molecule has 0 spiro atoms. The van der Waals surface area contributed by atoms with Crippen molar-refractivity contribution in [3.05, 3.63) is 29.3 Å². The zero-order valence-corrected chi connectivity index (χ0v) is 11.8. The van der Waals surface area contributed by atoms with Gasteiger partial charge in [-0.05, 0) is 24.6 Å². The van der Waals surface area contributed by atoms with E-state index in [2.05, 4.69) is 0 Å². The van der Waals surface area contributed by atoms with Crippen LogP contribution < -0.4 is 5.73 Å². The normalized spacial score (nSPS) is 10.5. The van der Waals surface area contributed by atoms with Crippen LogP contribution in [0.4, 0.5) is 5.69 Å². The Morgan fingerprint density at radius 2 is 1.79 bits per heavy atom. The van der Waals surface area contributed by atoms with Gasteiger partial charge in [0.1, 0.15) is 0 Å². The lowest BCUT2D eigenvalue weighted by atomic mass is 10.1. The average molecular weight is 266 g/mol. The first-order valence-electron chi connectivity index (χ1n) is 6.23. The van der Waals surface area contributed by atoms with E-state index in [1.54, 1.807) is 31.3 Å². The molecule has 0 heterocycles. The number of methoxy groups -OCH3 is 2. The Morgan fingerprint density at radius 3 is 2.26 bits per heavy atom. The number of anilines is 1. The molecule has 19 heavy (non-hydrogen) atoms. The van der Waals surface area contributed by atoms with Crippen LogP contribution in [0.1, 0.15) is 15.9 Å². The number of hydrogen-bond donors (Lipinski definition) is 1. The van der Waals surface area contributed by atoms with Crippen LogP contribution >= 0.6 is 0 Å². The number of hydrogen-bond acceptors (Lipinski definition) is 4. The highest BCUT2D eigenvalue weighted by Crippen LogP contribution is 2.16. The summed E-state index contributed by atoms with van der Waals surface area (Å²) >= 11 is 0. The van der Waals surface area contributed by atoms with Gasteiger partial charge in [-0.25, -0.2) is 0 Å². The van der Waals surface area contributed by atoms with Crippen molar-refractivity contribution in [1.29, 1.82) is 0 Å². The van der Waals surface area contributed by atoms with Crippen LogP contribution in [0.3, 0.4) is 0 Å². The third-order valence-electron chi connectivity index (χ3n) is 2.86. The van der Waals surface area contributed by atoms with Gasteiger partial charge < -0.3 is 20.1 Å². The van der Waals surface area contributed by atoms with Crippen molar-refractivity contribution in [2.45, 2.75) is 6.92 Å². The molecule has 0 atom stereocenters. The Kier molecular flexibility index (Phi) is 6.32. The van der Waals surface area contributed by atoms with Crippen molar-refractivity contribution in [3.63, 3.8) is 0 Å². The Bertz CT molecular complexity index is 413. The van der Waals surface area contributed by atoms with Crippen LogP contribution in [-0.2, 0) is 9.47 Å². The van der Waals surface area contributed by atoms with E-state index in [1.165, 1.54) is 0 Å². The van der Waals surface area contributed by atoms with Gasteiger partial charge in [0.2, 0.25) is 0 Å². The van der Waals surface area contributed by atoms with Crippen LogP contribution in [-0.4, -0.2) is 51.3 Å². The zero-order valence-electron chi connectivity index (χ0n) is 11.8. The van der Waals surface area contributed by atoms with E-state index < -0.39 is 0 Å². The van der Waals surface area contributed by atoms with Gasteiger partial charge in [-0.15, -0.1) is 0 Å². The largest absolute Gasteiger partial charge is 0.398 e. The van der Waals surface area contributed by atoms with Gasteiger partial charge >= 0.3 is 0 Å². The minimum Gasteiger partial charge on any atom is -0.398 e. The fraction of sp³-hybridized carbons (Fsp3) is 0.500. The maximum Gasteiger partial charge on any atom is 0.256 e. The predicted molar refractivity (Wildman–Crippen MR) is 75.2 cm³/mol. The molecule has 0 fully saturated rings. The molecule has 0 aromatic heterocycles. The number of amides is 1. The van der Waals surface area contributed by atoms with Crippen molar-refractivity contribution >= 4 is 11.6 Å². The molecule has 0 radical (unpaired) electrons. The van der Waals surface area contributed by atoms with Gasteiger partial charge in [-0.2, -0.15) is 0 Å². The number of ether oxygens (including phenoxy) is 2. The van der Waals surface area contributed by atoms with Crippen molar-refractivity contribution in [3.8, 4) is 0 Å². The lowest BCUT2D eigenvalue weighted by molar-refractivity contribution is 0.0628. The Labute approximate surface area is 114 Å². The third-order valence-corrected chi connectivity index (χ3v) is 2.86. The van der Waals surface area contributed by atoms with E-state index in [9.17, 15) is 4.79 Å². The zero-order chi connectivity index (χ0) is 14.3. The molecule has 1 rings (SSSR count). The average Bonchev–Trinajstić information content (AvgIpc) is 2.38. The summed E-state index contributed by atoms with van der Waals surface area (Å²) in [6.07, 6.45) is 0. The molecule has 1 aromatic carbocycles. The molecule has 0 aliphatic rings. The van der Waals surface area contributed by atoms with Crippen molar-refractivity contribution in [1.82, 2.24) is 4.90 Å². The third kappa shape index (κ3) is 4.54. The number of aryl methyl sites for hydroxylation is 1. The van der Waals surface area contributed by atoms with E-state index in [0.29, 0.717) is 37.6 Å². The molecule has 0 unspecified atom stereocenters. The Balaban J connectivity index is 2.84. The molecule has 1 aromatic rings. The van der Waals surface area contributed by atoms with Gasteiger partial charge in [-0.3, -0.25) is 4.79 Å². The summed E-state index contributed by atoms with van der Waals surface area (Å²) in [5, 5.41) is 0. The van der Waals surface area contributed by atoms with Gasteiger partial charge in [0.15, 0.2) is 0 Å². The number of nitrogen functional groups attached to an aromatic ring is 1. The molecule has 0 aliphatic heterocycles. The highest BCUT2D eigenvalue weighted by atomic mass is 16.5. The second kappa shape index (κ2) is 7.76. The number of carbonyl (C=O) groups is 1. The van der Waals surface area contributed by atoms with Gasteiger partial charge in [0.05, 0.1) is 18.8 Å². The first-order valence-corrected chi connectivity index (χ1v) is 6.23. The van der Waals surface area contributed by atoms with Gasteiger partial charge in [-0.1, -0.05) is 6.07 Å². The van der Waals surface area contributed by atoms with Crippen molar-refractivity contribution in [2.75, 3.05) is 46.3 Å². The smallest absolute Gasteiger partial charge is 0.256 e. The monoisotopic (exact) mass is 266 g/mol. The van der Waals surface area contributed by atoms with Crippen LogP contribution in [0.25, 0.3) is 0 Å². The number of benzene rings is 1. The van der Waals surface area contributed by atoms with Gasteiger partial charge in [0, 0.05) is 33.0 Å². The number of nitrogens with zero attached hydrogens (tertiary/aromatic N) is 1. The van der Waals surface area contributed by atoms with E-state index >= 15 is 0 Å². The van der Waals surface area contributed by atoms with Crippen LogP contribution in [0.15, 0.2) is 18.2 Å². The molecule has 5 heteroatoms. The summed E-state index contributed by atoms with van der Waals surface area (Å²) in [6.45, 7) is 3.96. The lowest BCUT2D eigenvalue weighted by Crippen LogP contribution is -2.36. The second-order valence-electron chi connectivity index (χ2n) is 4.37. The Morgan fingerprint density at radius 1 is 1.21 bits per heavy atom. The summed E-state index contributed by atoms with van der Waals surface area (Å²) < 4.78 is 10.0. The molecule has 106 valence electrons. The summed E-state index contributed by atoms with van der Waals surface area (Å²) in [5.74, 6) is -0.0911. The molecule has 0 aliphatic carbocycles. The molecule has 5 nitrogen and oxygen atoms in total. The van der Waals surface area contributed by atoms with E-state index in [1.807, 2.05) is 13.0 Å². The molecule has 0 saturated carbocycles. The minimum absolute atomic E-state index is 0.0911. The summed E-state index contributed by atoms with van der Waals surface area (Å²) in [7, 11) is 3.22. The van der Waals surface area contributed by atoms with E-state index in [0.717, 1.165) is 5.56 Å². The summed E-state index contributed by atoms with van der Waals surface area (Å²) in [5.41, 5.74) is 7.97. The highest BCUT2D eigenvalue weighted by Gasteiger charge is 2.17. The van der Waals surface area contributed by atoms with Crippen molar-refractivity contribution < 1.29 is 14.3 Å². The topological polar surface area (TPSA) is 64.8 Å². The maximum atomic E-state index is 12.4. The fourth-order valence-electron chi connectivity index (χ4n) is 1.77. The summed E-state index contributed by atoms with van der Waals surface area (Å²) in [4.78, 5) is 14.1. The minimum atomic E-state index is -0.0911. The molecule has 0 bridgehead atoms. The van der Waals surface area contributed by atoms with Crippen LogP contribution in [0, 0.1) is 6.92 Å². The SMILES string of the molecule is COCCN(CCOC)C(=O)c1ccc(C)cc1N. The molecular weight excluding hydrogens is 244 g/mol. The Hall–Kier alpha value is -1.59.